The van der Waals surface area contributed by atoms with Gasteiger partial charge < -0.3 is 15.0 Å². The van der Waals surface area contributed by atoms with Crippen LogP contribution in [0.4, 0.5) is 5.82 Å². The molecule has 0 saturated heterocycles. The number of halogens is 1. The minimum Gasteiger partial charge on any atom is -0.485 e. The molecule has 9 nitrogen and oxygen atoms in total. The summed E-state index contributed by atoms with van der Waals surface area (Å²) in [5.74, 6) is 0.750. The van der Waals surface area contributed by atoms with E-state index in [-0.39, 0.29) is 17.1 Å². The van der Waals surface area contributed by atoms with Gasteiger partial charge in [-0.05, 0) is 49.7 Å². The van der Waals surface area contributed by atoms with Crippen molar-refractivity contribution >= 4 is 39.2 Å². The molecule has 0 amide bonds. The van der Waals surface area contributed by atoms with Crippen molar-refractivity contribution in [3.8, 4) is 11.4 Å². The number of nitrogens with zero attached hydrogens (tertiary/aromatic N) is 4. The average molecular weight is 565 g/mol. The van der Waals surface area contributed by atoms with Gasteiger partial charge in [0, 0.05) is 35.7 Å². The van der Waals surface area contributed by atoms with E-state index in [9.17, 15) is 9.59 Å². The molecule has 0 bridgehead atoms. The standard InChI is InChI=1S/C31H25ClN6O3/c1-18(37-30-26-23(39)13-16-34-29(26)35-17-36-30)28-27(32)22-9-6-10-24(41-19(2)20-11-14-33-15-12-20)25(22)31(40)38(28)21-7-4-3-5-8-21/h3-19H,1-2H3,(H2,34,35,36,37,39)/t18-,19?/m0/s1. The predicted molar refractivity (Wildman–Crippen MR) is 160 cm³/mol. The fourth-order valence-electron chi connectivity index (χ4n) is 4.99. The number of H-pyrrole nitrogens is 1. The van der Waals surface area contributed by atoms with E-state index in [0.29, 0.717) is 49.8 Å². The fourth-order valence-corrected chi connectivity index (χ4v) is 5.40. The maximum absolute atomic E-state index is 14.4. The summed E-state index contributed by atoms with van der Waals surface area (Å²) in [5.41, 5.74) is 1.94. The first-order valence-corrected chi connectivity index (χ1v) is 13.4. The topological polar surface area (TPSA) is 115 Å². The molecule has 0 aliphatic heterocycles. The lowest BCUT2D eigenvalue weighted by atomic mass is 10.1. The maximum atomic E-state index is 14.4. The van der Waals surface area contributed by atoms with Crippen LogP contribution in [-0.2, 0) is 0 Å². The van der Waals surface area contributed by atoms with Crippen LogP contribution in [0.1, 0.15) is 37.3 Å². The molecule has 204 valence electrons. The molecule has 6 aromatic rings. The van der Waals surface area contributed by atoms with Crippen molar-refractivity contribution in [2.24, 2.45) is 0 Å². The Morgan fingerprint density at radius 2 is 1.71 bits per heavy atom. The zero-order valence-corrected chi connectivity index (χ0v) is 23.0. The molecular weight excluding hydrogens is 540 g/mol. The van der Waals surface area contributed by atoms with E-state index in [1.54, 1.807) is 29.1 Å². The van der Waals surface area contributed by atoms with Gasteiger partial charge in [0.05, 0.1) is 22.1 Å². The number of fused-ring (bicyclic) bond motifs is 2. The molecule has 4 heterocycles. The van der Waals surface area contributed by atoms with E-state index < -0.39 is 6.04 Å². The van der Waals surface area contributed by atoms with Crippen LogP contribution in [0.5, 0.6) is 5.75 Å². The number of hydrogen-bond acceptors (Lipinski definition) is 7. The second kappa shape index (κ2) is 10.9. The van der Waals surface area contributed by atoms with E-state index in [0.717, 1.165) is 5.56 Å². The van der Waals surface area contributed by atoms with E-state index in [1.807, 2.05) is 62.4 Å². The largest absolute Gasteiger partial charge is 0.485 e. The van der Waals surface area contributed by atoms with E-state index in [1.165, 1.54) is 18.6 Å². The number of aromatic nitrogens is 5. The number of para-hydroxylation sites is 1. The first kappa shape index (κ1) is 26.2. The van der Waals surface area contributed by atoms with Gasteiger partial charge in [0.15, 0.2) is 5.43 Å². The Bertz CT molecular complexity index is 1990. The van der Waals surface area contributed by atoms with Gasteiger partial charge in [-0.15, -0.1) is 0 Å². The van der Waals surface area contributed by atoms with Gasteiger partial charge in [0.2, 0.25) is 0 Å². The van der Waals surface area contributed by atoms with E-state index in [2.05, 4.69) is 25.3 Å². The Morgan fingerprint density at radius 1 is 0.927 bits per heavy atom. The third kappa shape index (κ3) is 4.81. The van der Waals surface area contributed by atoms with Gasteiger partial charge >= 0.3 is 0 Å². The molecule has 2 atom stereocenters. The highest BCUT2D eigenvalue weighted by atomic mass is 35.5. The average Bonchev–Trinajstić information content (AvgIpc) is 2.99. The van der Waals surface area contributed by atoms with Crippen molar-refractivity contribution in [2.75, 3.05) is 5.32 Å². The minimum atomic E-state index is -0.544. The number of rotatable bonds is 7. The van der Waals surface area contributed by atoms with Gasteiger partial charge in [0.1, 0.15) is 35.0 Å². The molecule has 0 saturated carbocycles. The summed E-state index contributed by atoms with van der Waals surface area (Å²) in [7, 11) is 0. The van der Waals surface area contributed by atoms with Crippen molar-refractivity contribution in [3.05, 3.63) is 129 Å². The van der Waals surface area contributed by atoms with Crippen LogP contribution < -0.4 is 21.0 Å². The van der Waals surface area contributed by atoms with Crippen molar-refractivity contribution in [2.45, 2.75) is 26.0 Å². The predicted octanol–water partition coefficient (Wildman–Crippen LogP) is 5.98. The third-order valence-corrected chi connectivity index (χ3v) is 7.35. The lowest BCUT2D eigenvalue weighted by molar-refractivity contribution is 0.229. The Balaban J connectivity index is 1.54. The number of aromatic amines is 1. The highest BCUT2D eigenvalue weighted by Gasteiger charge is 2.25. The summed E-state index contributed by atoms with van der Waals surface area (Å²) < 4.78 is 7.91. The first-order valence-electron chi connectivity index (χ1n) is 13.0. The second-order valence-corrected chi connectivity index (χ2v) is 9.93. The van der Waals surface area contributed by atoms with Crippen LogP contribution in [0.2, 0.25) is 5.02 Å². The molecule has 41 heavy (non-hydrogen) atoms. The summed E-state index contributed by atoms with van der Waals surface area (Å²) in [4.78, 5) is 42.6. The Labute approximate surface area is 239 Å². The SMILES string of the molecule is CC(Oc1cccc2c(Cl)c([C@H](C)Nc3ncnc4[nH]ccc(=O)c34)n(-c3ccccc3)c(=O)c12)c1ccncc1. The molecule has 2 N–H and O–H groups in total. The highest BCUT2D eigenvalue weighted by molar-refractivity contribution is 6.36. The zero-order valence-electron chi connectivity index (χ0n) is 22.2. The molecule has 0 radical (unpaired) electrons. The van der Waals surface area contributed by atoms with Crippen molar-refractivity contribution in [1.82, 2.24) is 24.5 Å². The van der Waals surface area contributed by atoms with Crippen LogP contribution in [0, 0.1) is 0 Å². The Morgan fingerprint density at radius 3 is 2.49 bits per heavy atom. The van der Waals surface area contributed by atoms with Crippen LogP contribution in [0.15, 0.2) is 101 Å². The number of hydrogen-bond donors (Lipinski definition) is 2. The molecule has 10 heteroatoms. The summed E-state index contributed by atoms with van der Waals surface area (Å²) in [6.07, 6.45) is 5.97. The molecule has 1 unspecified atom stereocenters. The Hall–Kier alpha value is -5.02. The molecule has 4 aromatic heterocycles. The van der Waals surface area contributed by atoms with Crippen LogP contribution in [0.3, 0.4) is 0 Å². The van der Waals surface area contributed by atoms with Crippen molar-refractivity contribution in [3.63, 3.8) is 0 Å². The second-order valence-electron chi connectivity index (χ2n) is 9.55. The van der Waals surface area contributed by atoms with Crippen molar-refractivity contribution in [1.29, 1.82) is 0 Å². The fraction of sp³-hybridized carbons (Fsp3) is 0.129. The van der Waals surface area contributed by atoms with Crippen LogP contribution in [0.25, 0.3) is 27.5 Å². The number of pyridine rings is 3. The minimum absolute atomic E-state index is 0.232. The molecule has 6 rings (SSSR count). The summed E-state index contributed by atoms with van der Waals surface area (Å²) in [6.45, 7) is 3.78. The quantitative estimate of drug-likeness (QED) is 0.245. The Kier molecular flexibility index (Phi) is 6.94. The molecule has 2 aromatic carbocycles. The maximum Gasteiger partial charge on any atom is 0.267 e. The molecule has 0 aliphatic rings. The molecule has 0 fully saturated rings. The number of ether oxygens (including phenoxy) is 1. The number of benzene rings is 2. The monoisotopic (exact) mass is 564 g/mol. The van der Waals surface area contributed by atoms with Crippen LogP contribution >= 0.6 is 11.6 Å². The molecule has 0 aliphatic carbocycles. The van der Waals surface area contributed by atoms with Gasteiger partial charge in [-0.3, -0.25) is 19.1 Å². The van der Waals surface area contributed by atoms with E-state index >= 15 is 0 Å². The lowest BCUT2D eigenvalue weighted by Crippen LogP contribution is -2.27. The van der Waals surface area contributed by atoms with Crippen LogP contribution in [-0.4, -0.2) is 24.5 Å². The van der Waals surface area contributed by atoms with Gasteiger partial charge in [0.25, 0.3) is 5.56 Å². The van der Waals surface area contributed by atoms with Gasteiger partial charge in [-0.25, -0.2) is 9.97 Å². The van der Waals surface area contributed by atoms with Gasteiger partial charge in [-0.2, -0.15) is 0 Å². The smallest absolute Gasteiger partial charge is 0.267 e. The summed E-state index contributed by atoms with van der Waals surface area (Å²) in [6, 6.07) is 19.3. The third-order valence-electron chi connectivity index (χ3n) is 6.95. The highest BCUT2D eigenvalue weighted by Crippen LogP contribution is 2.37. The number of nitrogens with one attached hydrogen (secondary N) is 2. The van der Waals surface area contributed by atoms with Gasteiger partial charge in [-0.1, -0.05) is 41.9 Å². The normalized spacial score (nSPS) is 12.8. The van der Waals surface area contributed by atoms with E-state index in [4.69, 9.17) is 16.3 Å². The summed E-state index contributed by atoms with van der Waals surface area (Å²) in [5, 5.41) is 4.90. The first-order chi connectivity index (χ1) is 19.9. The van der Waals surface area contributed by atoms with Crippen molar-refractivity contribution < 1.29 is 4.74 Å². The zero-order chi connectivity index (χ0) is 28.5. The number of anilines is 1. The summed E-state index contributed by atoms with van der Waals surface area (Å²) >= 11 is 7.14. The molecule has 0 spiro atoms. The molecular formula is C31H25ClN6O3. The lowest BCUT2D eigenvalue weighted by Gasteiger charge is -2.24.